The van der Waals surface area contributed by atoms with Crippen molar-refractivity contribution in [3.63, 3.8) is 0 Å². The number of rotatable bonds is 12. The number of nitrogens with one attached hydrogen (secondary N) is 1. The lowest BCUT2D eigenvalue weighted by Gasteiger charge is -2.22. The number of amides is 1. The maximum atomic E-state index is 12.0. The van der Waals surface area contributed by atoms with Gasteiger partial charge in [0.15, 0.2) is 0 Å². The Morgan fingerprint density at radius 3 is 2.21 bits per heavy atom. The summed E-state index contributed by atoms with van der Waals surface area (Å²) in [6.07, 6.45) is 7.02. The molecule has 0 bridgehead atoms. The number of hydrogen-bond acceptors (Lipinski definition) is 5. The molecule has 0 aliphatic rings. The Kier molecular flexibility index (Phi) is 11.2. The Balaban J connectivity index is 2.50. The van der Waals surface area contributed by atoms with Crippen molar-refractivity contribution in [3.05, 3.63) is 29.8 Å². The topological polar surface area (TPSA) is 73.9 Å². The lowest BCUT2D eigenvalue weighted by Crippen LogP contribution is -2.45. The molecule has 0 heterocycles. The van der Waals surface area contributed by atoms with E-state index in [4.69, 9.17) is 14.2 Å². The molecular formula is C23H37NO5. The summed E-state index contributed by atoms with van der Waals surface area (Å²) in [4.78, 5) is 24.0. The molecule has 0 aromatic heterocycles. The fourth-order valence-corrected chi connectivity index (χ4v) is 2.82. The van der Waals surface area contributed by atoms with E-state index in [1.165, 1.54) is 39.2 Å². The molecule has 1 aromatic rings. The van der Waals surface area contributed by atoms with Crippen LogP contribution in [0.4, 0.5) is 4.79 Å². The summed E-state index contributed by atoms with van der Waals surface area (Å²) in [6.45, 7) is 8.22. The molecule has 164 valence electrons. The number of benzene rings is 1. The Labute approximate surface area is 175 Å². The van der Waals surface area contributed by atoms with Crippen LogP contribution >= 0.6 is 0 Å². The fourth-order valence-electron chi connectivity index (χ4n) is 2.82. The van der Waals surface area contributed by atoms with Crippen molar-refractivity contribution in [2.24, 2.45) is 0 Å². The predicted molar refractivity (Wildman–Crippen MR) is 114 cm³/mol. The van der Waals surface area contributed by atoms with E-state index >= 15 is 0 Å². The van der Waals surface area contributed by atoms with Gasteiger partial charge in [0.1, 0.15) is 17.4 Å². The quantitative estimate of drug-likeness (QED) is 0.388. The van der Waals surface area contributed by atoms with E-state index in [2.05, 4.69) is 12.2 Å². The van der Waals surface area contributed by atoms with Gasteiger partial charge in [-0.1, -0.05) is 51.2 Å². The molecule has 0 saturated carbocycles. The maximum Gasteiger partial charge on any atom is 0.408 e. The third-order valence-corrected chi connectivity index (χ3v) is 4.31. The van der Waals surface area contributed by atoms with Crippen molar-refractivity contribution in [1.29, 1.82) is 0 Å². The number of hydrogen-bond donors (Lipinski definition) is 1. The highest BCUT2D eigenvalue weighted by molar-refractivity contribution is 5.81. The molecule has 1 rings (SSSR count). The number of ether oxygens (including phenoxy) is 3. The van der Waals surface area contributed by atoms with Crippen molar-refractivity contribution < 1.29 is 23.8 Å². The van der Waals surface area contributed by atoms with Gasteiger partial charge < -0.3 is 19.5 Å². The van der Waals surface area contributed by atoms with Crippen molar-refractivity contribution in [1.82, 2.24) is 5.32 Å². The molecule has 1 N–H and O–H groups in total. The summed E-state index contributed by atoms with van der Waals surface area (Å²) in [7, 11) is 1.30. The molecule has 0 unspecified atom stereocenters. The van der Waals surface area contributed by atoms with E-state index < -0.39 is 23.7 Å². The van der Waals surface area contributed by atoms with Crippen LogP contribution in [0.2, 0.25) is 0 Å². The van der Waals surface area contributed by atoms with Crippen LogP contribution in [-0.2, 0) is 20.7 Å². The van der Waals surface area contributed by atoms with Crippen LogP contribution in [-0.4, -0.2) is 37.4 Å². The molecule has 6 heteroatoms. The Morgan fingerprint density at radius 2 is 1.62 bits per heavy atom. The second-order valence-electron chi connectivity index (χ2n) is 8.19. The first kappa shape index (κ1) is 24.8. The van der Waals surface area contributed by atoms with E-state index in [1.54, 1.807) is 20.8 Å². The zero-order valence-corrected chi connectivity index (χ0v) is 18.6. The summed E-state index contributed by atoms with van der Waals surface area (Å²) in [5.74, 6) is 0.288. The Hall–Kier alpha value is -2.24. The third-order valence-electron chi connectivity index (χ3n) is 4.31. The molecular weight excluding hydrogens is 370 g/mol. The van der Waals surface area contributed by atoms with Crippen LogP contribution < -0.4 is 10.1 Å². The van der Waals surface area contributed by atoms with Crippen LogP contribution in [0.5, 0.6) is 5.75 Å². The predicted octanol–water partition coefficient (Wildman–Crippen LogP) is 5.03. The molecule has 0 aliphatic carbocycles. The van der Waals surface area contributed by atoms with Crippen molar-refractivity contribution in [2.45, 2.75) is 84.3 Å². The van der Waals surface area contributed by atoms with Crippen molar-refractivity contribution in [2.75, 3.05) is 13.7 Å². The van der Waals surface area contributed by atoms with E-state index in [0.29, 0.717) is 13.0 Å². The second kappa shape index (κ2) is 13.1. The third kappa shape index (κ3) is 11.4. The number of unbranched alkanes of at least 4 members (excludes halogenated alkanes) is 5. The molecule has 0 aliphatic heterocycles. The fraction of sp³-hybridized carbons (Fsp3) is 0.652. The van der Waals surface area contributed by atoms with Crippen LogP contribution in [0.1, 0.15) is 71.8 Å². The minimum atomic E-state index is -0.815. The maximum absolute atomic E-state index is 12.0. The molecule has 1 aromatic carbocycles. The summed E-state index contributed by atoms with van der Waals surface area (Å²) in [6, 6.07) is 6.74. The first-order valence-electron chi connectivity index (χ1n) is 10.5. The average molecular weight is 408 g/mol. The van der Waals surface area contributed by atoms with Crippen LogP contribution in [0.15, 0.2) is 24.3 Å². The van der Waals surface area contributed by atoms with E-state index in [9.17, 15) is 9.59 Å². The van der Waals surface area contributed by atoms with Gasteiger partial charge in [-0.3, -0.25) is 0 Å². The van der Waals surface area contributed by atoms with Gasteiger partial charge in [0.2, 0.25) is 0 Å². The monoisotopic (exact) mass is 407 g/mol. The smallest absolute Gasteiger partial charge is 0.408 e. The second-order valence-corrected chi connectivity index (χ2v) is 8.19. The Morgan fingerprint density at radius 1 is 1.00 bits per heavy atom. The van der Waals surface area contributed by atoms with Crippen molar-refractivity contribution >= 4 is 12.1 Å². The zero-order chi connectivity index (χ0) is 21.7. The number of alkyl carbamates (subject to hydrolysis) is 1. The van der Waals surface area contributed by atoms with Gasteiger partial charge in [-0.15, -0.1) is 0 Å². The lowest BCUT2D eigenvalue weighted by atomic mass is 10.1. The van der Waals surface area contributed by atoms with E-state index in [-0.39, 0.29) is 0 Å². The highest BCUT2D eigenvalue weighted by atomic mass is 16.6. The first-order chi connectivity index (χ1) is 13.7. The summed E-state index contributed by atoms with van der Waals surface area (Å²) >= 11 is 0. The van der Waals surface area contributed by atoms with Gasteiger partial charge >= 0.3 is 12.1 Å². The molecule has 0 spiro atoms. The van der Waals surface area contributed by atoms with Gasteiger partial charge in [-0.2, -0.15) is 0 Å². The van der Waals surface area contributed by atoms with Gasteiger partial charge in [0, 0.05) is 6.42 Å². The van der Waals surface area contributed by atoms with E-state index in [1.807, 2.05) is 24.3 Å². The molecule has 0 fully saturated rings. The highest BCUT2D eigenvalue weighted by Crippen LogP contribution is 2.15. The molecule has 0 saturated heterocycles. The Bertz CT molecular complexity index is 607. The van der Waals surface area contributed by atoms with Crippen molar-refractivity contribution in [3.8, 4) is 5.75 Å². The van der Waals surface area contributed by atoms with E-state index in [0.717, 1.165) is 17.7 Å². The number of methoxy groups -OCH3 is 1. The first-order valence-corrected chi connectivity index (χ1v) is 10.5. The molecule has 1 amide bonds. The minimum Gasteiger partial charge on any atom is -0.494 e. The highest BCUT2D eigenvalue weighted by Gasteiger charge is 2.25. The normalized spacial score (nSPS) is 12.2. The standard InChI is InChI=1S/C23H37NO5/c1-6-7-8-9-10-11-16-28-19-14-12-18(13-15-19)17-20(21(25)27-5)24-22(26)29-23(2,3)4/h12-15,20H,6-11,16-17H2,1-5H3,(H,24,26)/t20-/m1/s1. The summed E-state index contributed by atoms with van der Waals surface area (Å²) in [5.41, 5.74) is 0.253. The van der Waals surface area contributed by atoms with Crippen LogP contribution in [0.3, 0.4) is 0 Å². The SMILES string of the molecule is CCCCCCCCOc1ccc(C[C@@H](NC(=O)OC(C)(C)C)C(=O)OC)cc1. The molecule has 6 nitrogen and oxygen atoms in total. The largest absolute Gasteiger partial charge is 0.494 e. The van der Waals surface area contributed by atoms with Crippen LogP contribution in [0.25, 0.3) is 0 Å². The average Bonchev–Trinajstić information content (AvgIpc) is 2.66. The number of carbonyl (C=O) groups excluding carboxylic acids is 2. The minimum absolute atomic E-state index is 0.309. The molecule has 1 atom stereocenters. The van der Waals surface area contributed by atoms with Gasteiger partial charge in [0.05, 0.1) is 13.7 Å². The van der Waals surface area contributed by atoms with Gasteiger partial charge in [-0.25, -0.2) is 9.59 Å². The number of esters is 1. The zero-order valence-electron chi connectivity index (χ0n) is 18.6. The van der Waals surface area contributed by atoms with Gasteiger partial charge in [0.25, 0.3) is 0 Å². The van der Waals surface area contributed by atoms with Crippen LogP contribution in [0, 0.1) is 0 Å². The molecule has 29 heavy (non-hydrogen) atoms. The lowest BCUT2D eigenvalue weighted by molar-refractivity contribution is -0.143. The molecule has 0 radical (unpaired) electrons. The summed E-state index contributed by atoms with van der Waals surface area (Å²) in [5, 5.41) is 2.58. The summed E-state index contributed by atoms with van der Waals surface area (Å²) < 4.78 is 15.8. The van der Waals surface area contributed by atoms with Gasteiger partial charge in [-0.05, 0) is 44.9 Å². The number of carbonyl (C=O) groups is 2.